The Balaban J connectivity index is 2.49. The Hall–Kier alpha value is -0.870. The zero-order valence-electron chi connectivity index (χ0n) is 10.2. The van der Waals surface area contributed by atoms with Crippen LogP contribution in [0.3, 0.4) is 0 Å². The van der Waals surface area contributed by atoms with E-state index in [1.807, 2.05) is 17.7 Å². The van der Waals surface area contributed by atoms with Gasteiger partial charge in [-0.15, -0.1) is 0 Å². The van der Waals surface area contributed by atoms with E-state index in [0.717, 1.165) is 27.6 Å². The van der Waals surface area contributed by atoms with Crippen LogP contribution in [-0.4, -0.2) is 10.6 Å². The molecule has 1 N–H and O–H groups in total. The second-order valence-electron chi connectivity index (χ2n) is 4.52. The normalized spacial score (nSPS) is 11.6. The van der Waals surface area contributed by atoms with Gasteiger partial charge < -0.3 is 9.88 Å². The molecule has 0 amide bonds. The van der Waals surface area contributed by atoms with E-state index >= 15 is 0 Å². The van der Waals surface area contributed by atoms with E-state index in [1.54, 1.807) is 6.07 Å². The highest BCUT2D eigenvalue weighted by Gasteiger charge is 2.13. The first kappa shape index (κ1) is 12.6. The summed E-state index contributed by atoms with van der Waals surface area (Å²) in [7, 11) is 1.96. The van der Waals surface area contributed by atoms with Crippen molar-refractivity contribution in [3.05, 3.63) is 34.2 Å². The van der Waals surface area contributed by atoms with Gasteiger partial charge in [-0.3, -0.25) is 0 Å². The summed E-state index contributed by atoms with van der Waals surface area (Å²) in [4.78, 5) is 0. The number of hydrogen-bond acceptors (Lipinski definition) is 1. The van der Waals surface area contributed by atoms with Crippen LogP contribution in [-0.2, 0) is 13.6 Å². The number of nitrogens with zero attached hydrogens (tertiary/aromatic N) is 1. The number of halogens is 2. The molecule has 0 aliphatic rings. The van der Waals surface area contributed by atoms with Crippen LogP contribution in [0.25, 0.3) is 10.9 Å². The quantitative estimate of drug-likeness (QED) is 0.916. The lowest BCUT2D eigenvalue weighted by Gasteiger charge is -2.09. The van der Waals surface area contributed by atoms with Gasteiger partial charge in [0.05, 0.1) is 5.52 Å². The molecule has 0 bridgehead atoms. The molecule has 92 valence electrons. The van der Waals surface area contributed by atoms with Gasteiger partial charge in [0.2, 0.25) is 0 Å². The highest BCUT2D eigenvalue weighted by molar-refractivity contribution is 9.10. The van der Waals surface area contributed by atoms with Gasteiger partial charge in [0.25, 0.3) is 0 Å². The molecule has 0 saturated heterocycles. The predicted molar refractivity (Wildman–Crippen MR) is 72.6 cm³/mol. The molecule has 1 aromatic carbocycles. The molecule has 0 atom stereocenters. The van der Waals surface area contributed by atoms with Crippen LogP contribution in [0, 0.1) is 5.82 Å². The number of nitrogens with one attached hydrogen (secondary N) is 1. The van der Waals surface area contributed by atoms with Gasteiger partial charge in [0.1, 0.15) is 5.82 Å². The molecule has 2 rings (SSSR count). The summed E-state index contributed by atoms with van der Waals surface area (Å²) in [6, 6.07) is 5.30. The first-order valence-electron chi connectivity index (χ1n) is 5.66. The molecule has 0 saturated carbocycles. The lowest BCUT2D eigenvalue weighted by Crippen LogP contribution is -2.23. The van der Waals surface area contributed by atoms with E-state index in [9.17, 15) is 4.39 Å². The Morgan fingerprint density at radius 2 is 2.12 bits per heavy atom. The summed E-state index contributed by atoms with van der Waals surface area (Å²) in [6.45, 7) is 4.98. The third-order valence-electron chi connectivity index (χ3n) is 2.89. The number of benzene rings is 1. The van der Waals surface area contributed by atoms with Crippen molar-refractivity contribution >= 4 is 26.8 Å². The Labute approximate surface area is 109 Å². The molecule has 1 heterocycles. The molecule has 0 fully saturated rings. The molecule has 4 heteroatoms. The second kappa shape index (κ2) is 4.78. The van der Waals surface area contributed by atoms with E-state index < -0.39 is 0 Å². The fraction of sp³-hybridized carbons (Fsp3) is 0.385. The molecule has 1 aromatic heterocycles. The molecule has 2 aromatic rings. The zero-order valence-corrected chi connectivity index (χ0v) is 11.8. The zero-order chi connectivity index (χ0) is 12.6. The average Bonchev–Trinajstić information content (AvgIpc) is 2.49. The van der Waals surface area contributed by atoms with E-state index in [-0.39, 0.29) is 5.82 Å². The maximum Gasteiger partial charge on any atom is 0.125 e. The fourth-order valence-corrected chi connectivity index (χ4v) is 2.65. The smallest absolute Gasteiger partial charge is 0.125 e. The van der Waals surface area contributed by atoms with E-state index in [0.29, 0.717) is 6.04 Å². The first-order chi connectivity index (χ1) is 8.00. The molecular weight excluding hydrogens is 283 g/mol. The number of rotatable bonds is 3. The molecule has 0 radical (unpaired) electrons. The monoisotopic (exact) mass is 298 g/mol. The van der Waals surface area contributed by atoms with Crippen LogP contribution in [0.4, 0.5) is 4.39 Å². The lowest BCUT2D eigenvalue weighted by molar-refractivity contribution is 0.571. The SMILES string of the molecule is CC(C)NCc1c(Br)c2ccc(F)cc2n1C. The van der Waals surface area contributed by atoms with E-state index in [4.69, 9.17) is 0 Å². The van der Waals surface area contributed by atoms with Crippen molar-refractivity contribution in [2.24, 2.45) is 7.05 Å². The summed E-state index contributed by atoms with van der Waals surface area (Å²) in [5.74, 6) is -0.200. The van der Waals surface area contributed by atoms with Crippen molar-refractivity contribution in [2.45, 2.75) is 26.4 Å². The third kappa shape index (κ3) is 2.38. The van der Waals surface area contributed by atoms with Gasteiger partial charge >= 0.3 is 0 Å². The number of aromatic nitrogens is 1. The molecule has 0 spiro atoms. The predicted octanol–water partition coefficient (Wildman–Crippen LogP) is 3.58. The van der Waals surface area contributed by atoms with Crippen LogP contribution in [0.15, 0.2) is 22.7 Å². The van der Waals surface area contributed by atoms with E-state index in [1.165, 1.54) is 6.07 Å². The molecule has 0 aliphatic heterocycles. The van der Waals surface area contributed by atoms with Crippen molar-refractivity contribution in [1.82, 2.24) is 9.88 Å². The van der Waals surface area contributed by atoms with Crippen LogP contribution < -0.4 is 5.32 Å². The van der Waals surface area contributed by atoms with E-state index in [2.05, 4.69) is 35.1 Å². The molecular formula is C13H16BrFN2. The Morgan fingerprint density at radius 3 is 2.76 bits per heavy atom. The Bertz CT molecular complexity index is 546. The van der Waals surface area contributed by atoms with Crippen LogP contribution in [0.2, 0.25) is 0 Å². The first-order valence-corrected chi connectivity index (χ1v) is 6.45. The number of hydrogen-bond donors (Lipinski definition) is 1. The summed E-state index contributed by atoms with van der Waals surface area (Å²) in [5.41, 5.74) is 2.05. The average molecular weight is 299 g/mol. The van der Waals surface area contributed by atoms with Gasteiger partial charge in [0, 0.05) is 35.2 Å². The number of aryl methyl sites for hydroxylation is 1. The van der Waals surface area contributed by atoms with Crippen molar-refractivity contribution in [1.29, 1.82) is 0 Å². The topological polar surface area (TPSA) is 17.0 Å². The summed E-state index contributed by atoms with van der Waals surface area (Å²) in [6.07, 6.45) is 0. The van der Waals surface area contributed by atoms with Gasteiger partial charge in [-0.05, 0) is 34.1 Å². The maximum atomic E-state index is 13.2. The maximum absolute atomic E-state index is 13.2. The van der Waals surface area contributed by atoms with Crippen LogP contribution in [0.1, 0.15) is 19.5 Å². The standard InChI is InChI=1S/C13H16BrFN2/c1-8(2)16-7-12-13(14)10-5-4-9(15)6-11(10)17(12)3/h4-6,8,16H,7H2,1-3H3. The minimum Gasteiger partial charge on any atom is -0.345 e. The minimum atomic E-state index is -0.200. The summed E-state index contributed by atoms with van der Waals surface area (Å²) >= 11 is 3.59. The summed E-state index contributed by atoms with van der Waals surface area (Å²) in [5, 5.41) is 4.42. The molecule has 2 nitrogen and oxygen atoms in total. The van der Waals surface area contributed by atoms with Crippen molar-refractivity contribution in [3.8, 4) is 0 Å². The van der Waals surface area contributed by atoms with Gasteiger partial charge in [-0.25, -0.2) is 4.39 Å². The molecule has 17 heavy (non-hydrogen) atoms. The summed E-state index contributed by atoms with van der Waals surface area (Å²) < 4.78 is 16.3. The minimum absolute atomic E-state index is 0.200. The van der Waals surface area contributed by atoms with Gasteiger partial charge in [-0.1, -0.05) is 13.8 Å². The lowest BCUT2D eigenvalue weighted by atomic mass is 10.2. The number of fused-ring (bicyclic) bond motifs is 1. The van der Waals surface area contributed by atoms with Crippen molar-refractivity contribution in [3.63, 3.8) is 0 Å². The largest absolute Gasteiger partial charge is 0.345 e. The Kier molecular flexibility index (Phi) is 3.54. The van der Waals surface area contributed by atoms with Crippen LogP contribution in [0.5, 0.6) is 0 Å². The second-order valence-corrected chi connectivity index (χ2v) is 5.31. The van der Waals surface area contributed by atoms with Crippen molar-refractivity contribution in [2.75, 3.05) is 0 Å². The van der Waals surface area contributed by atoms with Crippen molar-refractivity contribution < 1.29 is 4.39 Å². The highest BCUT2D eigenvalue weighted by Crippen LogP contribution is 2.30. The van der Waals surface area contributed by atoms with Crippen LogP contribution >= 0.6 is 15.9 Å². The van der Waals surface area contributed by atoms with Gasteiger partial charge in [0.15, 0.2) is 0 Å². The Morgan fingerprint density at radius 1 is 1.41 bits per heavy atom. The molecule has 0 aliphatic carbocycles. The fourth-order valence-electron chi connectivity index (χ4n) is 1.91. The highest BCUT2D eigenvalue weighted by atomic mass is 79.9. The third-order valence-corrected chi connectivity index (χ3v) is 3.78. The molecule has 0 unspecified atom stereocenters. The van der Waals surface area contributed by atoms with Gasteiger partial charge in [-0.2, -0.15) is 0 Å².